The van der Waals surface area contributed by atoms with Crippen molar-refractivity contribution in [3.05, 3.63) is 39.1 Å². The van der Waals surface area contributed by atoms with Crippen molar-refractivity contribution < 1.29 is 0 Å². The number of benzene rings is 1. The highest BCUT2D eigenvalue weighted by atomic mass is 79.9. The maximum atomic E-state index is 6.20. The van der Waals surface area contributed by atoms with Crippen molar-refractivity contribution in [2.45, 2.75) is 27.2 Å². The van der Waals surface area contributed by atoms with Gasteiger partial charge in [0, 0.05) is 21.6 Å². The minimum absolute atomic E-state index is 0.722. The zero-order valence-electron chi connectivity index (χ0n) is 12.3. The van der Waals surface area contributed by atoms with Crippen LogP contribution in [0.5, 0.6) is 0 Å². The second-order valence-corrected chi connectivity index (χ2v) is 5.90. The number of rotatable bonds is 5. The summed E-state index contributed by atoms with van der Waals surface area (Å²) >= 11 is 9.76. The highest BCUT2D eigenvalue weighted by Crippen LogP contribution is 2.32. The van der Waals surface area contributed by atoms with Gasteiger partial charge in [0.1, 0.15) is 18.0 Å². The molecule has 0 atom stereocenters. The number of anilines is 3. The molecule has 0 aliphatic carbocycles. The molecule has 0 unspecified atom stereocenters. The third kappa shape index (κ3) is 3.66. The fraction of sp³-hybridized carbons (Fsp3) is 0.333. The third-order valence-electron chi connectivity index (χ3n) is 3.14. The van der Waals surface area contributed by atoms with E-state index < -0.39 is 0 Å². The molecule has 112 valence electrons. The molecule has 0 aliphatic heterocycles. The lowest BCUT2D eigenvalue weighted by Gasteiger charge is -2.15. The molecule has 1 aromatic heterocycles. The lowest BCUT2D eigenvalue weighted by molar-refractivity contribution is 1.03. The van der Waals surface area contributed by atoms with E-state index in [4.69, 9.17) is 11.6 Å². The number of hydrogen-bond donors (Lipinski definition) is 2. The summed E-state index contributed by atoms with van der Waals surface area (Å²) in [4.78, 5) is 8.65. The predicted octanol–water partition coefficient (Wildman–Crippen LogP) is 4.94. The van der Waals surface area contributed by atoms with Crippen molar-refractivity contribution >= 4 is 44.9 Å². The van der Waals surface area contributed by atoms with Gasteiger partial charge in [0.05, 0.1) is 5.69 Å². The quantitative estimate of drug-likeness (QED) is 0.784. The van der Waals surface area contributed by atoms with E-state index in [0.717, 1.165) is 50.9 Å². The summed E-state index contributed by atoms with van der Waals surface area (Å²) in [5, 5.41) is 7.32. The molecule has 0 bridgehead atoms. The second kappa shape index (κ2) is 7.09. The number of aromatic nitrogens is 2. The van der Waals surface area contributed by atoms with Crippen LogP contribution in [0.15, 0.2) is 22.9 Å². The number of aryl methyl sites for hydroxylation is 1. The van der Waals surface area contributed by atoms with E-state index >= 15 is 0 Å². The van der Waals surface area contributed by atoms with Gasteiger partial charge in [-0.05, 0) is 53.9 Å². The standard InChI is InChI=1S/C15H18BrClN4/c1-4-10-14(18-5-2)19-8-20-15(10)21-13-7-12(17)9(3)6-11(13)16/h6-8H,4-5H2,1-3H3,(H2,18,19,20,21). The van der Waals surface area contributed by atoms with Crippen molar-refractivity contribution in [2.24, 2.45) is 0 Å². The van der Waals surface area contributed by atoms with Gasteiger partial charge in [-0.1, -0.05) is 18.5 Å². The molecule has 2 rings (SSSR count). The van der Waals surface area contributed by atoms with Crippen LogP contribution in [0.4, 0.5) is 17.3 Å². The summed E-state index contributed by atoms with van der Waals surface area (Å²) in [7, 11) is 0. The molecule has 6 heteroatoms. The van der Waals surface area contributed by atoms with E-state index in [0.29, 0.717) is 0 Å². The molecule has 0 fully saturated rings. The fourth-order valence-corrected chi connectivity index (χ4v) is 2.76. The Kier molecular flexibility index (Phi) is 5.42. The Morgan fingerprint density at radius 2 is 1.90 bits per heavy atom. The van der Waals surface area contributed by atoms with Crippen molar-refractivity contribution in [2.75, 3.05) is 17.2 Å². The smallest absolute Gasteiger partial charge is 0.139 e. The summed E-state index contributed by atoms with van der Waals surface area (Å²) < 4.78 is 0.954. The highest BCUT2D eigenvalue weighted by Gasteiger charge is 2.11. The first-order chi connectivity index (χ1) is 10.1. The van der Waals surface area contributed by atoms with Crippen LogP contribution >= 0.6 is 27.5 Å². The molecule has 21 heavy (non-hydrogen) atoms. The van der Waals surface area contributed by atoms with Gasteiger partial charge in [0.15, 0.2) is 0 Å². The molecule has 0 amide bonds. The maximum absolute atomic E-state index is 6.20. The molecule has 1 aromatic carbocycles. The van der Waals surface area contributed by atoms with Gasteiger partial charge in [0.2, 0.25) is 0 Å². The Morgan fingerprint density at radius 3 is 2.57 bits per heavy atom. The molecule has 2 N–H and O–H groups in total. The Labute approximate surface area is 138 Å². The lowest BCUT2D eigenvalue weighted by Crippen LogP contribution is -2.07. The molecule has 0 spiro atoms. The van der Waals surface area contributed by atoms with Crippen LogP contribution in [-0.4, -0.2) is 16.5 Å². The SMILES string of the molecule is CCNc1ncnc(Nc2cc(Cl)c(C)cc2Br)c1CC. The van der Waals surface area contributed by atoms with E-state index in [2.05, 4.69) is 43.5 Å². The second-order valence-electron chi connectivity index (χ2n) is 4.64. The van der Waals surface area contributed by atoms with E-state index in [1.165, 1.54) is 0 Å². The average Bonchev–Trinajstić information content (AvgIpc) is 2.45. The lowest BCUT2D eigenvalue weighted by atomic mass is 10.2. The van der Waals surface area contributed by atoms with E-state index in [-0.39, 0.29) is 0 Å². The van der Waals surface area contributed by atoms with Crippen molar-refractivity contribution in [1.29, 1.82) is 0 Å². The fourth-order valence-electron chi connectivity index (χ4n) is 2.04. The monoisotopic (exact) mass is 368 g/mol. The summed E-state index contributed by atoms with van der Waals surface area (Å²) in [6, 6.07) is 3.89. The summed E-state index contributed by atoms with van der Waals surface area (Å²) in [6.07, 6.45) is 2.39. The Bertz CT molecular complexity index is 646. The van der Waals surface area contributed by atoms with Gasteiger partial charge in [-0.3, -0.25) is 0 Å². The van der Waals surface area contributed by atoms with Crippen LogP contribution in [0.25, 0.3) is 0 Å². The van der Waals surface area contributed by atoms with Crippen LogP contribution in [0.2, 0.25) is 5.02 Å². The highest BCUT2D eigenvalue weighted by molar-refractivity contribution is 9.10. The number of halogens is 2. The molecule has 0 aliphatic rings. The average molecular weight is 370 g/mol. The van der Waals surface area contributed by atoms with E-state index in [9.17, 15) is 0 Å². The topological polar surface area (TPSA) is 49.8 Å². The Balaban J connectivity index is 2.40. The Morgan fingerprint density at radius 1 is 1.19 bits per heavy atom. The van der Waals surface area contributed by atoms with Crippen LogP contribution in [0, 0.1) is 6.92 Å². The van der Waals surface area contributed by atoms with Crippen molar-refractivity contribution in [3.8, 4) is 0 Å². The zero-order valence-corrected chi connectivity index (χ0v) is 14.6. The van der Waals surface area contributed by atoms with Gasteiger partial charge in [-0.15, -0.1) is 0 Å². The van der Waals surface area contributed by atoms with Crippen LogP contribution in [-0.2, 0) is 6.42 Å². The number of nitrogens with one attached hydrogen (secondary N) is 2. The summed E-state index contributed by atoms with van der Waals surface area (Å²) in [5.41, 5.74) is 2.98. The minimum atomic E-state index is 0.722. The molecule has 2 aromatic rings. The molecule has 0 saturated carbocycles. The largest absolute Gasteiger partial charge is 0.370 e. The molecule has 4 nitrogen and oxygen atoms in total. The van der Waals surface area contributed by atoms with E-state index in [1.807, 2.05) is 26.0 Å². The molecular formula is C15H18BrClN4. The molecule has 1 heterocycles. The first-order valence-electron chi connectivity index (χ1n) is 6.87. The van der Waals surface area contributed by atoms with Gasteiger partial charge < -0.3 is 10.6 Å². The van der Waals surface area contributed by atoms with Gasteiger partial charge in [-0.25, -0.2) is 9.97 Å². The molecular weight excluding hydrogens is 352 g/mol. The van der Waals surface area contributed by atoms with Gasteiger partial charge in [0.25, 0.3) is 0 Å². The zero-order chi connectivity index (χ0) is 15.4. The first kappa shape index (κ1) is 16.0. The van der Waals surface area contributed by atoms with E-state index in [1.54, 1.807) is 6.33 Å². The van der Waals surface area contributed by atoms with Gasteiger partial charge in [-0.2, -0.15) is 0 Å². The number of hydrogen-bond acceptors (Lipinski definition) is 4. The number of nitrogens with zero attached hydrogens (tertiary/aromatic N) is 2. The van der Waals surface area contributed by atoms with Crippen molar-refractivity contribution in [3.63, 3.8) is 0 Å². The van der Waals surface area contributed by atoms with Crippen LogP contribution in [0.3, 0.4) is 0 Å². The van der Waals surface area contributed by atoms with Crippen molar-refractivity contribution in [1.82, 2.24) is 9.97 Å². The maximum Gasteiger partial charge on any atom is 0.139 e. The first-order valence-corrected chi connectivity index (χ1v) is 8.04. The van der Waals surface area contributed by atoms with Crippen LogP contribution in [0.1, 0.15) is 25.0 Å². The minimum Gasteiger partial charge on any atom is -0.370 e. The van der Waals surface area contributed by atoms with Gasteiger partial charge >= 0.3 is 0 Å². The molecule has 0 radical (unpaired) electrons. The summed E-state index contributed by atoms with van der Waals surface area (Å²) in [6.45, 7) is 6.93. The summed E-state index contributed by atoms with van der Waals surface area (Å²) in [5.74, 6) is 1.66. The Hall–Kier alpha value is -1.33. The third-order valence-corrected chi connectivity index (χ3v) is 4.21. The van der Waals surface area contributed by atoms with Crippen LogP contribution < -0.4 is 10.6 Å². The normalized spacial score (nSPS) is 10.5. The molecule has 0 saturated heterocycles. The predicted molar refractivity (Wildman–Crippen MR) is 92.7 cm³/mol.